The van der Waals surface area contributed by atoms with Crippen LogP contribution in [0.15, 0.2) is 59.4 Å². The van der Waals surface area contributed by atoms with Crippen molar-refractivity contribution >= 4 is 33.1 Å². The first kappa shape index (κ1) is 18.8. The van der Waals surface area contributed by atoms with Crippen LogP contribution in [0.1, 0.15) is 43.4 Å². The molecule has 2 aromatic heterocycles. The number of aliphatic hydroxyl groups is 1. The van der Waals surface area contributed by atoms with Crippen LogP contribution >= 0.6 is 0 Å². The third kappa shape index (κ3) is 3.33. The average molecular weight is 403 g/mol. The van der Waals surface area contributed by atoms with Gasteiger partial charge in [-0.05, 0) is 55.5 Å². The Labute approximate surface area is 173 Å². The second-order valence-corrected chi connectivity index (χ2v) is 7.82. The normalized spacial score (nSPS) is 17.8. The first-order chi connectivity index (χ1) is 14.6. The maximum atomic E-state index is 13.9. The minimum absolute atomic E-state index is 0.126. The number of anilines is 1. The summed E-state index contributed by atoms with van der Waals surface area (Å²) < 4.78 is 19.4. The van der Waals surface area contributed by atoms with Gasteiger partial charge in [-0.2, -0.15) is 10.2 Å². The summed E-state index contributed by atoms with van der Waals surface area (Å²) in [7, 11) is 0. The molecule has 0 radical (unpaired) electrons. The van der Waals surface area contributed by atoms with E-state index in [0.29, 0.717) is 17.4 Å². The number of hydrogen-bond donors (Lipinski definition) is 2. The van der Waals surface area contributed by atoms with Gasteiger partial charge in [-0.3, -0.25) is 0 Å². The Morgan fingerprint density at radius 3 is 2.97 bits per heavy atom. The fourth-order valence-corrected chi connectivity index (χ4v) is 4.16. The minimum Gasteiger partial charge on any atom is -0.461 e. The van der Waals surface area contributed by atoms with E-state index in [1.54, 1.807) is 12.3 Å². The highest BCUT2D eigenvalue weighted by molar-refractivity contribution is 5.93. The third-order valence-corrected chi connectivity index (χ3v) is 5.81. The molecule has 2 N–H and O–H groups in total. The second kappa shape index (κ2) is 7.54. The van der Waals surface area contributed by atoms with Crippen molar-refractivity contribution in [2.24, 2.45) is 0 Å². The van der Waals surface area contributed by atoms with Crippen molar-refractivity contribution in [1.82, 2.24) is 10.2 Å². The molecule has 30 heavy (non-hydrogen) atoms. The molecule has 4 aromatic rings. The maximum Gasteiger partial charge on any atom is 0.169 e. The van der Waals surface area contributed by atoms with Crippen LogP contribution < -0.4 is 5.32 Å². The first-order valence-electron chi connectivity index (χ1n) is 10.1. The molecule has 0 amide bonds. The lowest BCUT2D eigenvalue weighted by atomic mass is 9.91. The van der Waals surface area contributed by atoms with Crippen molar-refractivity contribution < 1.29 is 13.9 Å². The lowest BCUT2D eigenvalue weighted by Crippen LogP contribution is -2.10. The maximum absolute atomic E-state index is 13.9. The zero-order chi connectivity index (χ0) is 20.7. The molecule has 0 bridgehead atoms. The predicted molar refractivity (Wildman–Crippen MR) is 116 cm³/mol. The largest absolute Gasteiger partial charge is 0.461 e. The van der Waals surface area contributed by atoms with Gasteiger partial charge in [0.05, 0.1) is 34.9 Å². The molecule has 2 aromatic carbocycles. The Hall–Kier alpha value is -3.25. The molecule has 2 heterocycles. The molecule has 0 saturated heterocycles. The molecule has 1 unspecified atom stereocenters. The quantitative estimate of drug-likeness (QED) is 0.463. The average Bonchev–Trinajstić information content (AvgIpc) is 3.15. The number of furan rings is 1. The monoisotopic (exact) mass is 403 g/mol. The van der Waals surface area contributed by atoms with Crippen LogP contribution in [0.5, 0.6) is 0 Å². The Kier molecular flexibility index (Phi) is 4.71. The summed E-state index contributed by atoms with van der Waals surface area (Å²) in [5.74, 6) is -0.356. The first-order valence-corrected chi connectivity index (χ1v) is 10.1. The molecule has 152 valence electrons. The van der Waals surface area contributed by atoms with Gasteiger partial charge >= 0.3 is 0 Å². The molecule has 0 saturated carbocycles. The second-order valence-electron chi connectivity index (χ2n) is 7.82. The van der Waals surface area contributed by atoms with Crippen molar-refractivity contribution in [2.75, 3.05) is 5.32 Å². The number of aliphatic hydroxyl groups excluding tert-OH is 1. The molecule has 5 rings (SSSR count). The number of hydrogen-bond acceptors (Lipinski definition) is 5. The van der Waals surface area contributed by atoms with Crippen LogP contribution in [0.25, 0.3) is 27.4 Å². The molecule has 1 aliphatic carbocycles. The van der Waals surface area contributed by atoms with Gasteiger partial charge in [-0.15, -0.1) is 0 Å². The minimum atomic E-state index is -0.356. The van der Waals surface area contributed by atoms with Crippen molar-refractivity contribution in [3.63, 3.8) is 0 Å². The number of aromatic nitrogens is 2. The van der Waals surface area contributed by atoms with Crippen LogP contribution in [0.3, 0.4) is 0 Å². The number of para-hydroxylation sites is 1. The van der Waals surface area contributed by atoms with Gasteiger partial charge in [0.15, 0.2) is 5.82 Å². The molecule has 5 nitrogen and oxygen atoms in total. The smallest absolute Gasteiger partial charge is 0.169 e. The molecular weight excluding hydrogens is 381 g/mol. The number of fused-ring (bicyclic) bond motifs is 2. The summed E-state index contributed by atoms with van der Waals surface area (Å²) in [6.07, 6.45) is 7.06. The summed E-state index contributed by atoms with van der Waals surface area (Å²) in [4.78, 5) is 0. The summed E-state index contributed by atoms with van der Waals surface area (Å²) in [5, 5.41) is 23.1. The van der Waals surface area contributed by atoms with Crippen LogP contribution in [-0.4, -0.2) is 21.4 Å². The van der Waals surface area contributed by atoms with Gasteiger partial charge in [0.2, 0.25) is 0 Å². The van der Waals surface area contributed by atoms with E-state index in [2.05, 4.69) is 33.7 Å². The van der Waals surface area contributed by atoms with Crippen molar-refractivity contribution in [3.8, 4) is 0 Å². The number of nitrogens with one attached hydrogen (secondary N) is 1. The van der Waals surface area contributed by atoms with E-state index in [-0.39, 0.29) is 18.0 Å². The van der Waals surface area contributed by atoms with E-state index in [9.17, 15) is 9.50 Å². The number of benzene rings is 2. The number of allylic oxidation sites excluding steroid dienone is 1. The molecule has 0 aliphatic heterocycles. The number of nitrogens with zero attached hydrogens (tertiary/aromatic N) is 2. The predicted octanol–water partition coefficient (Wildman–Crippen LogP) is 5.62. The molecular formula is C24H22FN3O2. The zero-order valence-corrected chi connectivity index (χ0v) is 16.6. The highest BCUT2D eigenvalue weighted by Gasteiger charge is 2.17. The van der Waals surface area contributed by atoms with E-state index in [1.807, 2.05) is 25.1 Å². The van der Waals surface area contributed by atoms with Gasteiger partial charge < -0.3 is 14.8 Å². The fourth-order valence-electron chi connectivity index (χ4n) is 4.16. The number of halogens is 1. The van der Waals surface area contributed by atoms with Gasteiger partial charge in [-0.1, -0.05) is 24.3 Å². The lowest BCUT2D eigenvalue weighted by molar-refractivity contribution is 0.166. The fraction of sp³-hybridized carbons (Fsp3) is 0.250. The molecule has 6 heteroatoms. The summed E-state index contributed by atoms with van der Waals surface area (Å²) in [6.45, 7) is 2.01. The lowest BCUT2D eigenvalue weighted by Gasteiger charge is -2.19. The van der Waals surface area contributed by atoms with E-state index < -0.39 is 0 Å². The van der Waals surface area contributed by atoms with Gasteiger partial charge in [0.25, 0.3) is 0 Å². The van der Waals surface area contributed by atoms with Crippen molar-refractivity contribution in [2.45, 2.75) is 38.3 Å². The Morgan fingerprint density at radius 1 is 1.23 bits per heavy atom. The van der Waals surface area contributed by atoms with Crippen molar-refractivity contribution in [3.05, 3.63) is 71.9 Å². The highest BCUT2D eigenvalue weighted by atomic mass is 19.1. The topological polar surface area (TPSA) is 71.2 Å². The van der Waals surface area contributed by atoms with Gasteiger partial charge in [0.1, 0.15) is 11.8 Å². The van der Waals surface area contributed by atoms with Crippen LogP contribution in [0.2, 0.25) is 0 Å². The van der Waals surface area contributed by atoms with E-state index in [4.69, 9.17) is 4.42 Å². The molecule has 1 aliphatic rings. The SMILES string of the molecule is C[C@@H](Nc1cnnc2ccc(C3=CCC(O)CC3)cc12)c1cccc2c(F)coc12. The summed E-state index contributed by atoms with van der Waals surface area (Å²) in [5.41, 5.74) is 5.46. The van der Waals surface area contributed by atoms with E-state index in [1.165, 1.54) is 5.57 Å². The molecule has 0 fully saturated rings. The standard InChI is InChI=1S/C24H22FN3O2/c1-14(18-3-2-4-19-21(25)13-30-24(18)19)27-23-12-26-28-22-10-7-16(11-20(22)23)15-5-8-17(29)9-6-15/h2-5,7,10-14,17,29H,6,8-9H2,1H3,(H,27,28)/t14-,17?/m1/s1. The Balaban J connectivity index is 1.51. The highest BCUT2D eigenvalue weighted by Crippen LogP contribution is 2.33. The molecule has 2 atom stereocenters. The van der Waals surface area contributed by atoms with E-state index >= 15 is 0 Å². The molecule has 0 spiro atoms. The number of rotatable bonds is 4. The van der Waals surface area contributed by atoms with Crippen LogP contribution in [0.4, 0.5) is 10.1 Å². The van der Waals surface area contributed by atoms with Crippen LogP contribution in [-0.2, 0) is 0 Å². The van der Waals surface area contributed by atoms with Crippen molar-refractivity contribution in [1.29, 1.82) is 0 Å². The zero-order valence-electron chi connectivity index (χ0n) is 16.6. The third-order valence-electron chi connectivity index (χ3n) is 5.81. The van der Waals surface area contributed by atoms with Gasteiger partial charge in [-0.25, -0.2) is 4.39 Å². The Morgan fingerprint density at radius 2 is 2.13 bits per heavy atom. The Bertz CT molecular complexity index is 1260. The van der Waals surface area contributed by atoms with Crippen LogP contribution in [0, 0.1) is 5.82 Å². The van der Waals surface area contributed by atoms with Gasteiger partial charge in [0, 0.05) is 10.9 Å². The summed E-state index contributed by atoms with van der Waals surface area (Å²) >= 11 is 0. The van der Waals surface area contributed by atoms with E-state index in [0.717, 1.165) is 46.8 Å². The summed E-state index contributed by atoms with van der Waals surface area (Å²) in [6, 6.07) is 11.5.